The molecule has 0 spiro atoms. The Balaban J connectivity index is 0.000000127. The molecule has 0 bridgehead atoms. The minimum absolute atomic E-state index is 0.00460. The summed E-state index contributed by atoms with van der Waals surface area (Å²) in [6.45, 7) is 16.0. The first kappa shape index (κ1) is 93.3. The van der Waals surface area contributed by atoms with E-state index >= 15 is 0 Å². The van der Waals surface area contributed by atoms with E-state index in [9.17, 15) is 36.7 Å². The topological polar surface area (TPSA) is 274 Å². The van der Waals surface area contributed by atoms with Crippen LogP contribution >= 0.6 is 11.3 Å². The van der Waals surface area contributed by atoms with E-state index in [4.69, 9.17) is 34.3 Å². The number of methoxy groups -OCH3 is 2. The zero-order valence-corrected chi connectivity index (χ0v) is 77.9. The van der Waals surface area contributed by atoms with Crippen LogP contribution in [0.2, 0.25) is 0 Å². The molecule has 20 rings (SSSR count). The van der Waals surface area contributed by atoms with Crippen LogP contribution in [0.25, 0.3) is 95.6 Å². The number of aromatic nitrogens is 15. The molecule has 0 N–H and O–H groups in total. The van der Waals surface area contributed by atoms with E-state index in [2.05, 4.69) is 35.1 Å². The molecule has 0 unspecified atom stereocenters. The van der Waals surface area contributed by atoms with Gasteiger partial charge in [0.2, 0.25) is 47.2 Å². The highest BCUT2D eigenvalue weighted by atomic mass is 32.1. The summed E-state index contributed by atoms with van der Waals surface area (Å²) in [6, 6.07) is 70.7. The van der Waals surface area contributed by atoms with Crippen LogP contribution in [-0.2, 0) is 58.4 Å². The van der Waals surface area contributed by atoms with Gasteiger partial charge in [0.25, 0.3) is 0 Å². The number of likely N-dealkylation sites (tertiary alicyclic amines) is 2. The van der Waals surface area contributed by atoms with E-state index in [0.29, 0.717) is 127 Å². The number of halogens is 4. The summed E-state index contributed by atoms with van der Waals surface area (Å²) >= 11 is 1.65. The van der Waals surface area contributed by atoms with E-state index in [1.54, 1.807) is 133 Å². The molecule has 0 atom stereocenters. The van der Waals surface area contributed by atoms with Crippen LogP contribution in [0, 0.1) is 64.8 Å². The Kier molecular flexibility index (Phi) is 28.8. The molecule has 8 aromatic heterocycles. The van der Waals surface area contributed by atoms with Crippen molar-refractivity contribution in [3.05, 3.63) is 334 Å². The van der Waals surface area contributed by atoms with Crippen LogP contribution in [0.15, 0.2) is 254 Å². The number of rotatable bonds is 21. The van der Waals surface area contributed by atoms with Crippen LogP contribution in [0.3, 0.4) is 0 Å². The Morgan fingerprint density at radius 3 is 1.12 bits per heavy atom. The van der Waals surface area contributed by atoms with Crippen molar-refractivity contribution in [3.8, 4) is 102 Å². The predicted molar refractivity (Wildman–Crippen MR) is 515 cm³/mol. The lowest BCUT2D eigenvalue weighted by Crippen LogP contribution is -2.40. The monoisotopic (exact) mass is 1860 g/mol. The highest BCUT2D eigenvalue weighted by Crippen LogP contribution is 2.38. The molecular formula is C106H101F4N19O7S. The molecule has 137 heavy (non-hydrogen) atoms. The van der Waals surface area contributed by atoms with Crippen LogP contribution < -0.4 is 9.47 Å². The maximum Gasteiger partial charge on any atom is 0.245 e. The van der Waals surface area contributed by atoms with Gasteiger partial charge in [-0.25, -0.2) is 42.5 Å². The lowest BCUT2D eigenvalue weighted by Gasteiger charge is -2.32. The first-order chi connectivity index (χ1) is 66.5. The molecule has 8 aromatic carbocycles. The molecule has 4 amide bonds. The minimum atomic E-state index is -0.255. The zero-order valence-electron chi connectivity index (χ0n) is 77.1. The lowest BCUT2D eigenvalue weighted by atomic mass is 9.93. The average Bonchev–Trinajstić information content (AvgIpc) is 1.66. The molecule has 0 saturated carbocycles. The second kappa shape index (κ2) is 42.4. The Labute approximate surface area is 794 Å². The number of aryl methyl sites for hydroxylation is 6. The SMILES string of the molecule is COc1cc(C2=CCN(C(=O)Cn3nc(-c4ccc(F)c(C)c4)cc3-c3ccccc3)CC2)ncn1.COc1cc(C2CCN(C(=O)Cn3nc(-c4ccc(F)c(C)c4)cc3-c3ccccc3)CC2)ncn1.Cc1nc2c(s1)CN(C(=O)Cn1nc(-c3ccc(F)c(C)c3)cc1-c1ccccc1)C2.Cc1nnc(C2CCN(C(=O)Cn3nc(-c4ccc(F)c(C)c4)cc3-c3ccccc3)CC2)o1. The Morgan fingerprint density at radius 2 is 0.759 bits per heavy atom. The molecule has 4 aliphatic rings. The standard InChI is InChI=1S/C28H28FN5O2.C28H26FN5O2.C26H26FN5O2.C24H21FN4OS/c2*1-19-14-22(8-9-23(19)29)25-15-26(21-6-4-3-5-7-21)34(32-25)17-28(35)33-12-10-20(11-13-33)24-16-27(36-2)31-18-30-24;1-17-14-21(8-9-22(17)27)23-15-24(19-6-4-3-5-7-19)32(30-23)16-25(33)31-12-10-20(11-13-31)26-29-28-18(2)34-26;1-15-10-18(8-9-19(15)25)20-11-22(17-6-4-3-5-7-17)29(27-20)14-24(30)28-12-21-23(13-28)31-16(2)26-21/h3-9,14-16,18,20H,10-13,17H2,1-2H3;3-10,14-16,18H,11-13,17H2,1-2H3;3-9,14-15,20H,10-13,16H2,1-2H3;3-11H,12-14H2,1-2H3. The Bertz CT molecular complexity index is 7020. The third-order valence-electron chi connectivity index (χ3n) is 24.9. The summed E-state index contributed by atoms with van der Waals surface area (Å²) < 4.78 is 78.2. The number of ether oxygens (including phenoxy) is 2. The highest BCUT2D eigenvalue weighted by molar-refractivity contribution is 7.11. The lowest BCUT2D eigenvalue weighted by molar-refractivity contribution is -0.133. The summed E-state index contributed by atoms with van der Waals surface area (Å²) in [5, 5.41) is 28.1. The third kappa shape index (κ3) is 22.3. The summed E-state index contributed by atoms with van der Waals surface area (Å²) in [7, 11) is 3.17. The number of carbonyl (C=O) groups is 4. The number of thiazole rings is 1. The fourth-order valence-electron chi connectivity index (χ4n) is 17.3. The average molecular weight is 1860 g/mol. The molecule has 0 aliphatic carbocycles. The molecule has 0 radical (unpaired) electrons. The van der Waals surface area contributed by atoms with Crippen molar-refractivity contribution in [1.29, 1.82) is 0 Å². The van der Waals surface area contributed by atoms with Gasteiger partial charge in [0.15, 0.2) is 0 Å². The van der Waals surface area contributed by atoms with Crippen molar-refractivity contribution in [2.45, 2.75) is 125 Å². The largest absolute Gasteiger partial charge is 0.481 e. The van der Waals surface area contributed by atoms with E-state index in [0.717, 1.165) is 126 Å². The van der Waals surface area contributed by atoms with E-state index in [1.165, 1.54) is 36.9 Å². The normalized spacial score (nSPS) is 13.8. The third-order valence-corrected chi connectivity index (χ3v) is 25.9. The number of carbonyl (C=O) groups excluding carboxylic acids is 4. The van der Waals surface area contributed by atoms with E-state index in [1.807, 2.05) is 184 Å². The number of benzene rings is 8. The van der Waals surface area contributed by atoms with Crippen molar-refractivity contribution in [3.63, 3.8) is 0 Å². The number of hydrogen-bond donors (Lipinski definition) is 0. The smallest absolute Gasteiger partial charge is 0.245 e. The number of amides is 4. The van der Waals surface area contributed by atoms with Gasteiger partial charge in [-0.3, -0.25) is 37.9 Å². The molecule has 12 heterocycles. The molecular weight excluding hydrogens is 1760 g/mol. The van der Waals surface area contributed by atoms with Crippen LogP contribution in [0.4, 0.5) is 17.6 Å². The number of hydrogen-bond acceptors (Lipinski definition) is 19. The van der Waals surface area contributed by atoms with Gasteiger partial charge in [-0.2, -0.15) is 20.4 Å². The first-order valence-corrected chi connectivity index (χ1v) is 46.2. The molecule has 26 nitrogen and oxygen atoms in total. The quantitative estimate of drug-likeness (QED) is 0.0604. The molecule has 2 fully saturated rings. The molecule has 16 aromatic rings. The van der Waals surface area contributed by atoms with Crippen molar-refractivity contribution >= 4 is 40.5 Å². The zero-order chi connectivity index (χ0) is 95.3. The fraction of sp³-hybridized carbons (Fsp3) is 0.255. The van der Waals surface area contributed by atoms with Crippen molar-refractivity contribution in [2.75, 3.05) is 53.5 Å². The molecule has 696 valence electrons. The number of piperidine rings is 2. The first-order valence-electron chi connectivity index (χ1n) is 45.4. The number of fused-ring (bicyclic) bond motifs is 1. The summed E-state index contributed by atoms with van der Waals surface area (Å²) in [5.41, 5.74) is 19.4. The molecule has 31 heteroatoms. The minimum Gasteiger partial charge on any atom is -0.481 e. The summed E-state index contributed by atoms with van der Waals surface area (Å²) in [5.74, 6) is 1.76. The van der Waals surface area contributed by atoms with Gasteiger partial charge in [0.1, 0.15) is 62.1 Å². The van der Waals surface area contributed by atoms with Gasteiger partial charge in [0.05, 0.1) is 94.9 Å². The van der Waals surface area contributed by atoms with E-state index < -0.39 is 0 Å². The maximum absolute atomic E-state index is 13.8. The second-order valence-corrected chi connectivity index (χ2v) is 35.5. The molecule has 2 saturated heterocycles. The maximum atomic E-state index is 13.8. The van der Waals surface area contributed by atoms with Gasteiger partial charge in [0, 0.05) is 97.3 Å². The summed E-state index contributed by atoms with van der Waals surface area (Å²) in [4.78, 5) is 82.9. The number of nitrogens with zero attached hydrogens (tertiary/aromatic N) is 19. The highest BCUT2D eigenvalue weighted by Gasteiger charge is 2.33. The van der Waals surface area contributed by atoms with Gasteiger partial charge in [-0.1, -0.05) is 127 Å². The second-order valence-electron chi connectivity index (χ2n) is 34.2. The van der Waals surface area contributed by atoms with Crippen LogP contribution in [0.1, 0.15) is 105 Å². The van der Waals surface area contributed by atoms with Gasteiger partial charge in [-0.05, 0) is 214 Å². The fourth-order valence-corrected chi connectivity index (χ4v) is 18.2. The molecule has 4 aliphatic heterocycles. The van der Waals surface area contributed by atoms with Gasteiger partial charge >= 0.3 is 0 Å². The van der Waals surface area contributed by atoms with Crippen LogP contribution in [0.5, 0.6) is 11.8 Å². The van der Waals surface area contributed by atoms with Crippen molar-refractivity contribution in [1.82, 2.24) is 93.8 Å². The van der Waals surface area contributed by atoms with Crippen molar-refractivity contribution < 1.29 is 50.6 Å². The van der Waals surface area contributed by atoms with E-state index in [-0.39, 0.29) is 84.9 Å². The predicted octanol–water partition coefficient (Wildman–Crippen LogP) is 19.4. The Morgan fingerprint density at radius 1 is 0.387 bits per heavy atom. The van der Waals surface area contributed by atoms with Crippen LogP contribution in [-0.4, -0.2) is 171 Å². The summed E-state index contributed by atoms with van der Waals surface area (Å²) in [6.07, 6.45) is 8.96. The van der Waals surface area contributed by atoms with Crippen molar-refractivity contribution in [2.24, 2.45) is 0 Å². The van der Waals surface area contributed by atoms with Gasteiger partial charge in [-0.15, -0.1) is 21.5 Å². The Hall–Kier alpha value is -15.5. The van der Waals surface area contributed by atoms with Gasteiger partial charge < -0.3 is 33.5 Å².